The Kier molecular flexibility index (Phi) is 5.54. The Hall–Kier alpha value is -2.47. The van der Waals surface area contributed by atoms with Gasteiger partial charge in [-0.2, -0.15) is 0 Å². The molecule has 2 aliphatic heterocycles. The van der Waals surface area contributed by atoms with Gasteiger partial charge in [0.15, 0.2) is 0 Å². The number of thioether (sulfide) groups is 1. The molecule has 5 nitrogen and oxygen atoms in total. The van der Waals surface area contributed by atoms with E-state index in [1.807, 2.05) is 53.1 Å². The van der Waals surface area contributed by atoms with Crippen molar-refractivity contribution in [1.82, 2.24) is 4.90 Å². The lowest BCUT2D eigenvalue weighted by Gasteiger charge is -2.44. The summed E-state index contributed by atoms with van der Waals surface area (Å²) in [6.07, 6.45) is 2.50. The zero-order valence-corrected chi connectivity index (χ0v) is 17.8. The monoisotopic (exact) mass is 409 g/mol. The molecule has 0 bridgehead atoms. The molecule has 3 amide bonds. The number of urea groups is 1. The van der Waals surface area contributed by atoms with E-state index in [1.54, 1.807) is 11.8 Å². The molecule has 0 atom stereocenters. The third-order valence-corrected chi connectivity index (χ3v) is 7.32. The number of nitrogens with zero attached hydrogens (tertiary/aromatic N) is 2. The normalized spacial score (nSPS) is 18.3. The van der Waals surface area contributed by atoms with E-state index in [-0.39, 0.29) is 16.8 Å². The minimum Gasteiger partial charge on any atom is -0.324 e. The molecule has 152 valence electrons. The van der Waals surface area contributed by atoms with Crippen LogP contribution < -0.4 is 10.2 Å². The molecule has 2 aliphatic rings. The van der Waals surface area contributed by atoms with Crippen molar-refractivity contribution in [3.05, 3.63) is 59.7 Å². The summed E-state index contributed by atoms with van der Waals surface area (Å²) in [6.45, 7) is 5.43. The summed E-state index contributed by atoms with van der Waals surface area (Å²) in [5.41, 5.74) is 4.15. The summed E-state index contributed by atoms with van der Waals surface area (Å²) in [5.74, 6) is 0.666. The summed E-state index contributed by atoms with van der Waals surface area (Å²) >= 11 is 1.72. The number of anilines is 2. The van der Waals surface area contributed by atoms with Crippen molar-refractivity contribution in [2.24, 2.45) is 0 Å². The van der Waals surface area contributed by atoms with Crippen molar-refractivity contribution in [2.75, 3.05) is 29.1 Å². The molecule has 1 N–H and O–H groups in total. The number of hydrogen-bond donors (Lipinski definition) is 1. The van der Waals surface area contributed by atoms with Gasteiger partial charge in [-0.1, -0.05) is 31.2 Å². The Morgan fingerprint density at radius 1 is 1.14 bits per heavy atom. The average Bonchev–Trinajstić information content (AvgIpc) is 3.04. The highest BCUT2D eigenvalue weighted by atomic mass is 32.2. The van der Waals surface area contributed by atoms with Crippen LogP contribution in [0, 0.1) is 6.92 Å². The Morgan fingerprint density at radius 3 is 2.62 bits per heavy atom. The van der Waals surface area contributed by atoms with E-state index in [0.717, 1.165) is 36.2 Å². The molecule has 2 aromatic rings. The minimum atomic E-state index is -0.246. The van der Waals surface area contributed by atoms with Crippen LogP contribution in [-0.4, -0.2) is 40.6 Å². The van der Waals surface area contributed by atoms with Gasteiger partial charge in [-0.15, -0.1) is 11.8 Å². The predicted molar refractivity (Wildman–Crippen MR) is 119 cm³/mol. The molecule has 2 saturated heterocycles. The molecule has 0 unspecified atom stereocenters. The molecule has 2 aromatic carbocycles. The second-order valence-electron chi connectivity index (χ2n) is 7.77. The fraction of sp³-hybridized carbons (Fsp3) is 0.391. The van der Waals surface area contributed by atoms with E-state index in [9.17, 15) is 9.59 Å². The van der Waals surface area contributed by atoms with E-state index in [0.29, 0.717) is 18.8 Å². The molecule has 2 heterocycles. The number of rotatable bonds is 3. The lowest BCUT2D eigenvalue weighted by Crippen LogP contribution is -2.53. The maximum atomic E-state index is 12.8. The third-order valence-electron chi connectivity index (χ3n) is 5.80. The molecule has 6 heteroatoms. The number of piperidine rings is 1. The highest BCUT2D eigenvalue weighted by Crippen LogP contribution is 2.46. The quantitative estimate of drug-likeness (QED) is 0.802. The van der Waals surface area contributed by atoms with E-state index in [2.05, 4.69) is 24.4 Å². The number of amides is 3. The van der Waals surface area contributed by atoms with Crippen LogP contribution in [0.4, 0.5) is 16.2 Å². The molecule has 29 heavy (non-hydrogen) atoms. The lowest BCUT2D eigenvalue weighted by atomic mass is 10.0. The topological polar surface area (TPSA) is 52.7 Å². The van der Waals surface area contributed by atoms with E-state index >= 15 is 0 Å². The van der Waals surface area contributed by atoms with Gasteiger partial charge in [-0.3, -0.25) is 9.69 Å². The molecule has 4 rings (SSSR count). The van der Waals surface area contributed by atoms with Crippen LogP contribution in [0.1, 0.15) is 30.9 Å². The molecular weight excluding hydrogens is 382 g/mol. The second-order valence-corrected chi connectivity index (χ2v) is 9.11. The van der Waals surface area contributed by atoms with Gasteiger partial charge >= 0.3 is 6.03 Å². The van der Waals surface area contributed by atoms with Gasteiger partial charge in [0.25, 0.3) is 0 Å². The summed E-state index contributed by atoms with van der Waals surface area (Å²) in [4.78, 5) is 29.0. The number of benzene rings is 2. The number of nitrogens with one attached hydrogen (secondary N) is 1. The fourth-order valence-corrected chi connectivity index (χ4v) is 5.53. The summed E-state index contributed by atoms with van der Waals surface area (Å²) in [5, 5.41) is 3.02. The van der Waals surface area contributed by atoms with Gasteiger partial charge in [0.2, 0.25) is 5.91 Å². The standard InChI is InChI=1S/C23H27N3O2S/c1-3-18-7-5-8-19(15-18)24-22(28)25-12-10-23(11-13-25)26(21(27)16-29-23)20-9-4-6-17(2)14-20/h4-9,14-15H,3,10-13,16H2,1-2H3,(H,24,28). The number of likely N-dealkylation sites (tertiary alicyclic amines) is 1. The first kappa shape index (κ1) is 19.8. The van der Waals surface area contributed by atoms with Crippen LogP contribution >= 0.6 is 11.8 Å². The number of aryl methyl sites for hydroxylation is 2. The van der Waals surface area contributed by atoms with Crippen molar-refractivity contribution in [1.29, 1.82) is 0 Å². The van der Waals surface area contributed by atoms with Crippen LogP contribution in [0.25, 0.3) is 0 Å². The SMILES string of the molecule is CCc1cccc(NC(=O)N2CCC3(CC2)SCC(=O)N3c2cccc(C)c2)c1. The molecule has 0 saturated carbocycles. The van der Waals surface area contributed by atoms with Gasteiger partial charge < -0.3 is 10.2 Å². The number of carbonyl (C=O) groups excluding carboxylic acids is 2. The van der Waals surface area contributed by atoms with Crippen LogP contribution in [0.2, 0.25) is 0 Å². The van der Waals surface area contributed by atoms with Gasteiger partial charge in [0, 0.05) is 24.5 Å². The van der Waals surface area contributed by atoms with Crippen LogP contribution in [0.3, 0.4) is 0 Å². The molecule has 0 radical (unpaired) electrons. The Balaban J connectivity index is 1.45. The van der Waals surface area contributed by atoms with Gasteiger partial charge in [-0.25, -0.2) is 4.79 Å². The van der Waals surface area contributed by atoms with Gasteiger partial charge in [0.1, 0.15) is 0 Å². The zero-order valence-electron chi connectivity index (χ0n) is 17.0. The lowest BCUT2D eigenvalue weighted by molar-refractivity contribution is -0.116. The predicted octanol–water partition coefficient (Wildman–Crippen LogP) is 4.66. The Morgan fingerprint density at radius 2 is 1.90 bits per heavy atom. The third kappa shape index (κ3) is 3.99. The van der Waals surface area contributed by atoms with Crippen LogP contribution in [0.15, 0.2) is 48.5 Å². The molecule has 2 fully saturated rings. The largest absolute Gasteiger partial charge is 0.324 e. The second kappa shape index (κ2) is 8.11. The van der Waals surface area contributed by atoms with Crippen LogP contribution in [-0.2, 0) is 11.2 Å². The van der Waals surface area contributed by atoms with Crippen molar-refractivity contribution in [3.63, 3.8) is 0 Å². The first-order chi connectivity index (χ1) is 14.0. The number of carbonyl (C=O) groups is 2. The highest BCUT2D eigenvalue weighted by molar-refractivity contribution is 8.02. The first-order valence-electron chi connectivity index (χ1n) is 10.2. The van der Waals surface area contributed by atoms with Crippen molar-refractivity contribution >= 4 is 35.1 Å². The first-order valence-corrected chi connectivity index (χ1v) is 11.2. The van der Waals surface area contributed by atoms with E-state index < -0.39 is 0 Å². The van der Waals surface area contributed by atoms with Crippen molar-refractivity contribution in [2.45, 2.75) is 38.0 Å². The maximum Gasteiger partial charge on any atom is 0.321 e. The smallest absolute Gasteiger partial charge is 0.321 e. The van der Waals surface area contributed by atoms with Crippen molar-refractivity contribution < 1.29 is 9.59 Å². The molecule has 1 spiro atoms. The molecule has 0 aliphatic carbocycles. The van der Waals surface area contributed by atoms with Crippen LogP contribution in [0.5, 0.6) is 0 Å². The van der Waals surface area contributed by atoms with E-state index in [1.165, 1.54) is 5.56 Å². The Bertz CT molecular complexity index is 922. The summed E-state index contributed by atoms with van der Waals surface area (Å²) < 4.78 is 0. The fourth-order valence-electron chi connectivity index (χ4n) is 4.20. The minimum absolute atomic E-state index is 0.0652. The Labute approximate surface area is 176 Å². The zero-order chi connectivity index (χ0) is 20.4. The van der Waals surface area contributed by atoms with Gasteiger partial charge in [-0.05, 0) is 61.6 Å². The summed E-state index contributed by atoms with van der Waals surface area (Å²) in [6, 6.07) is 16.1. The average molecular weight is 410 g/mol. The van der Waals surface area contributed by atoms with E-state index in [4.69, 9.17) is 0 Å². The summed E-state index contributed by atoms with van der Waals surface area (Å²) in [7, 11) is 0. The highest BCUT2D eigenvalue weighted by Gasteiger charge is 2.49. The maximum absolute atomic E-state index is 12.8. The van der Waals surface area contributed by atoms with Gasteiger partial charge in [0.05, 0.1) is 10.6 Å². The number of hydrogen-bond acceptors (Lipinski definition) is 3. The molecule has 0 aromatic heterocycles. The molecular formula is C23H27N3O2S. The van der Waals surface area contributed by atoms with Crippen molar-refractivity contribution in [3.8, 4) is 0 Å².